The van der Waals surface area contributed by atoms with Crippen molar-refractivity contribution in [1.82, 2.24) is 30.0 Å². The highest BCUT2D eigenvalue weighted by Gasteiger charge is 2.22. The molecule has 0 atom stereocenters. The molecule has 1 aliphatic heterocycles. The van der Waals surface area contributed by atoms with Crippen LogP contribution in [0.4, 0.5) is 5.82 Å². The van der Waals surface area contributed by atoms with E-state index in [4.69, 9.17) is 0 Å². The summed E-state index contributed by atoms with van der Waals surface area (Å²) >= 11 is 1.45. The van der Waals surface area contributed by atoms with Gasteiger partial charge < -0.3 is 15.2 Å². The van der Waals surface area contributed by atoms with Gasteiger partial charge in [0.05, 0.1) is 0 Å². The van der Waals surface area contributed by atoms with Crippen LogP contribution in [0.2, 0.25) is 0 Å². The van der Waals surface area contributed by atoms with Crippen molar-refractivity contribution in [2.75, 3.05) is 25.0 Å². The number of piperidine rings is 1. The number of nitrogens with one attached hydrogen (secondary N) is 2. The Hall–Kier alpha value is -1.38. The van der Waals surface area contributed by atoms with Crippen molar-refractivity contribution in [2.45, 2.75) is 36.0 Å². The third-order valence-electron chi connectivity index (χ3n) is 3.75. The van der Waals surface area contributed by atoms with E-state index in [9.17, 15) is 0 Å². The molecule has 0 saturated carbocycles. The third-order valence-corrected chi connectivity index (χ3v) is 4.66. The molecule has 0 amide bonds. The minimum absolute atomic E-state index is 0. The van der Waals surface area contributed by atoms with Gasteiger partial charge in [-0.2, -0.15) is 0 Å². The number of rotatable bonds is 5. The second kappa shape index (κ2) is 8.47. The average molecular weight is 356 g/mol. The quantitative estimate of drug-likeness (QED) is 0.794. The van der Waals surface area contributed by atoms with E-state index in [-0.39, 0.29) is 12.4 Å². The average Bonchev–Trinajstić information content (AvgIpc) is 2.90. The van der Waals surface area contributed by atoms with Crippen LogP contribution in [0.5, 0.6) is 0 Å². The topological polar surface area (TPSA) is 80.5 Å². The monoisotopic (exact) mass is 355 g/mol. The number of hydrogen-bond acceptors (Lipinski definition) is 7. The Kier molecular flexibility index (Phi) is 6.61. The molecule has 0 radical (unpaired) electrons. The molecule has 23 heavy (non-hydrogen) atoms. The lowest BCUT2D eigenvalue weighted by atomic mass is 9.97. The van der Waals surface area contributed by atoms with Gasteiger partial charge in [-0.15, -0.1) is 22.6 Å². The maximum absolute atomic E-state index is 4.47. The van der Waals surface area contributed by atoms with Gasteiger partial charge in [-0.05, 0) is 50.7 Å². The van der Waals surface area contributed by atoms with Crippen molar-refractivity contribution in [3.05, 3.63) is 18.1 Å². The highest BCUT2D eigenvalue weighted by atomic mass is 35.5. The normalized spacial score (nSPS) is 15.2. The van der Waals surface area contributed by atoms with Crippen molar-refractivity contribution in [3.63, 3.8) is 0 Å². The number of aromatic nitrogens is 5. The van der Waals surface area contributed by atoms with E-state index in [1.807, 2.05) is 20.0 Å². The van der Waals surface area contributed by atoms with Gasteiger partial charge in [0.1, 0.15) is 11.6 Å². The molecule has 126 valence electrons. The van der Waals surface area contributed by atoms with Crippen molar-refractivity contribution in [2.24, 2.45) is 7.05 Å². The molecule has 2 aromatic heterocycles. The van der Waals surface area contributed by atoms with Crippen molar-refractivity contribution in [3.8, 4) is 0 Å². The smallest absolute Gasteiger partial charge is 0.198 e. The van der Waals surface area contributed by atoms with Crippen LogP contribution < -0.4 is 10.6 Å². The van der Waals surface area contributed by atoms with Crippen LogP contribution in [0.1, 0.15) is 31.5 Å². The molecule has 7 nitrogen and oxygen atoms in total. The zero-order chi connectivity index (χ0) is 15.4. The Morgan fingerprint density at radius 2 is 2.13 bits per heavy atom. The van der Waals surface area contributed by atoms with Gasteiger partial charge >= 0.3 is 0 Å². The molecule has 0 spiro atoms. The summed E-state index contributed by atoms with van der Waals surface area (Å²) in [5.41, 5.74) is 0. The van der Waals surface area contributed by atoms with Gasteiger partial charge in [-0.1, -0.05) is 0 Å². The van der Waals surface area contributed by atoms with Crippen LogP contribution in [0.15, 0.2) is 22.6 Å². The van der Waals surface area contributed by atoms with Gasteiger partial charge in [0, 0.05) is 25.7 Å². The first-order valence-electron chi connectivity index (χ1n) is 7.62. The van der Waals surface area contributed by atoms with Gasteiger partial charge in [0.2, 0.25) is 0 Å². The van der Waals surface area contributed by atoms with Crippen LogP contribution in [0.3, 0.4) is 0 Å². The molecule has 2 N–H and O–H groups in total. The summed E-state index contributed by atoms with van der Waals surface area (Å²) in [6, 6.07) is 1.87. The standard InChI is InChI=1S/C14H21N7S.ClH/c1-3-16-11-6-9-17-13(18-11)22-14-20-19-12(21(14)2)10-4-7-15-8-5-10;/h6,9-10,15H,3-5,7-8H2,1-2H3,(H,16,17,18);1H. The number of nitrogens with zero attached hydrogens (tertiary/aromatic N) is 5. The molecule has 1 saturated heterocycles. The Morgan fingerprint density at radius 3 is 2.87 bits per heavy atom. The molecule has 9 heteroatoms. The maximum Gasteiger partial charge on any atom is 0.198 e. The Balaban J connectivity index is 0.00000192. The second-order valence-corrected chi connectivity index (χ2v) is 6.22. The summed E-state index contributed by atoms with van der Waals surface area (Å²) in [4.78, 5) is 8.77. The molecule has 3 heterocycles. The van der Waals surface area contributed by atoms with Crippen molar-refractivity contribution >= 4 is 30.0 Å². The van der Waals surface area contributed by atoms with Gasteiger partial charge in [-0.25, -0.2) is 9.97 Å². The van der Waals surface area contributed by atoms with E-state index in [1.54, 1.807) is 6.20 Å². The lowest BCUT2D eigenvalue weighted by molar-refractivity contribution is 0.434. The van der Waals surface area contributed by atoms with Crippen molar-refractivity contribution < 1.29 is 0 Å². The van der Waals surface area contributed by atoms with Crippen LogP contribution in [0.25, 0.3) is 0 Å². The summed E-state index contributed by atoms with van der Waals surface area (Å²) in [6.45, 7) is 4.98. The fraction of sp³-hybridized carbons (Fsp3) is 0.571. The van der Waals surface area contributed by atoms with E-state index in [0.29, 0.717) is 11.1 Å². The Labute approximate surface area is 146 Å². The second-order valence-electron chi connectivity index (χ2n) is 5.28. The van der Waals surface area contributed by atoms with Crippen LogP contribution in [0, 0.1) is 0 Å². The molecule has 0 bridgehead atoms. The lowest BCUT2D eigenvalue weighted by Gasteiger charge is -2.21. The molecule has 2 aromatic rings. The van der Waals surface area contributed by atoms with E-state index in [0.717, 1.165) is 49.3 Å². The highest BCUT2D eigenvalue weighted by Crippen LogP contribution is 2.28. The summed E-state index contributed by atoms with van der Waals surface area (Å²) < 4.78 is 2.07. The van der Waals surface area contributed by atoms with E-state index in [2.05, 4.69) is 35.4 Å². The Morgan fingerprint density at radius 1 is 1.35 bits per heavy atom. The molecular formula is C14H22ClN7S. The minimum Gasteiger partial charge on any atom is -0.370 e. The van der Waals surface area contributed by atoms with E-state index in [1.165, 1.54) is 11.8 Å². The minimum atomic E-state index is 0. The van der Waals surface area contributed by atoms with Crippen LogP contribution in [-0.2, 0) is 7.05 Å². The fourth-order valence-electron chi connectivity index (χ4n) is 2.60. The van der Waals surface area contributed by atoms with Gasteiger partial charge in [0.25, 0.3) is 0 Å². The largest absolute Gasteiger partial charge is 0.370 e. The number of anilines is 1. The Bertz CT molecular complexity index is 627. The predicted octanol–water partition coefficient (Wildman–Crippen LogP) is 2.08. The SMILES string of the molecule is CCNc1ccnc(Sc2nnc(C3CCNCC3)n2C)n1.Cl. The molecule has 3 rings (SSSR count). The van der Waals surface area contributed by atoms with Gasteiger partial charge in [0.15, 0.2) is 10.3 Å². The summed E-state index contributed by atoms with van der Waals surface area (Å²) in [7, 11) is 2.02. The molecule has 1 fully saturated rings. The number of halogens is 1. The zero-order valence-corrected chi connectivity index (χ0v) is 15.0. The van der Waals surface area contributed by atoms with Gasteiger partial charge in [-0.3, -0.25) is 0 Å². The highest BCUT2D eigenvalue weighted by molar-refractivity contribution is 7.99. The first-order chi connectivity index (χ1) is 10.8. The summed E-state index contributed by atoms with van der Waals surface area (Å²) in [6.07, 6.45) is 3.99. The molecule has 0 unspecified atom stereocenters. The number of hydrogen-bond donors (Lipinski definition) is 2. The summed E-state index contributed by atoms with van der Waals surface area (Å²) in [5, 5.41) is 16.8. The molecular weight excluding hydrogens is 334 g/mol. The first-order valence-corrected chi connectivity index (χ1v) is 8.44. The third kappa shape index (κ3) is 4.33. The molecule has 1 aliphatic rings. The lowest BCUT2D eigenvalue weighted by Crippen LogP contribution is -2.27. The zero-order valence-electron chi connectivity index (χ0n) is 13.3. The summed E-state index contributed by atoms with van der Waals surface area (Å²) in [5.74, 6) is 2.38. The van der Waals surface area contributed by atoms with Crippen molar-refractivity contribution in [1.29, 1.82) is 0 Å². The van der Waals surface area contributed by atoms with E-state index >= 15 is 0 Å². The molecule has 0 aliphatic carbocycles. The van der Waals surface area contributed by atoms with Crippen LogP contribution >= 0.6 is 24.2 Å². The molecule has 0 aromatic carbocycles. The van der Waals surface area contributed by atoms with Crippen LogP contribution in [-0.4, -0.2) is 44.4 Å². The maximum atomic E-state index is 4.47. The first kappa shape index (κ1) is 18.0. The van der Waals surface area contributed by atoms with E-state index < -0.39 is 0 Å². The fourth-order valence-corrected chi connectivity index (χ4v) is 3.33. The predicted molar refractivity (Wildman–Crippen MR) is 93.4 cm³/mol.